The average molecular weight is 480 g/mol. The molecule has 34 heavy (non-hydrogen) atoms. The second-order valence-corrected chi connectivity index (χ2v) is 8.65. The topological polar surface area (TPSA) is 81.7 Å². The van der Waals surface area contributed by atoms with Crippen LogP contribution in [-0.2, 0) is 20.7 Å². The van der Waals surface area contributed by atoms with Gasteiger partial charge in [0.05, 0.1) is 7.11 Å². The molecule has 0 heterocycles. The molecule has 0 fully saturated rings. The van der Waals surface area contributed by atoms with Crippen LogP contribution in [-0.4, -0.2) is 36.4 Å². The van der Waals surface area contributed by atoms with Crippen molar-refractivity contribution in [1.29, 1.82) is 0 Å². The van der Waals surface area contributed by atoms with Crippen molar-refractivity contribution >= 4 is 29.3 Å². The normalized spacial score (nSPS) is 11.9. The SMILES string of the molecule is COC(=O)C(Cc1ccccc1)NC(=O)C(C)(C)Oc1ccc(C(=O)c2ccc(Cl)cc2)cc1. The van der Waals surface area contributed by atoms with Gasteiger partial charge in [0.1, 0.15) is 11.8 Å². The molecule has 1 unspecified atom stereocenters. The van der Waals surface area contributed by atoms with Gasteiger partial charge in [-0.1, -0.05) is 41.9 Å². The van der Waals surface area contributed by atoms with Crippen LogP contribution in [0.5, 0.6) is 5.75 Å². The minimum Gasteiger partial charge on any atom is -0.478 e. The number of hydrogen-bond donors (Lipinski definition) is 1. The number of halogens is 1. The zero-order valence-electron chi connectivity index (χ0n) is 19.2. The number of ether oxygens (including phenoxy) is 2. The summed E-state index contributed by atoms with van der Waals surface area (Å²) in [5.74, 6) is -0.759. The Morgan fingerprint density at radius 2 is 1.44 bits per heavy atom. The highest BCUT2D eigenvalue weighted by atomic mass is 35.5. The number of carbonyl (C=O) groups is 3. The summed E-state index contributed by atoms with van der Waals surface area (Å²) in [4.78, 5) is 37.9. The van der Waals surface area contributed by atoms with Crippen molar-refractivity contribution in [2.75, 3.05) is 7.11 Å². The highest BCUT2D eigenvalue weighted by Crippen LogP contribution is 2.21. The number of hydrogen-bond acceptors (Lipinski definition) is 5. The van der Waals surface area contributed by atoms with E-state index in [1.54, 1.807) is 62.4 Å². The summed E-state index contributed by atoms with van der Waals surface area (Å²) in [6.07, 6.45) is 0.289. The maximum Gasteiger partial charge on any atom is 0.328 e. The monoisotopic (exact) mass is 479 g/mol. The Balaban J connectivity index is 1.67. The zero-order chi connectivity index (χ0) is 24.7. The fraction of sp³-hybridized carbons (Fsp3) is 0.222. The van der Waals surface area contributed by atoms with Crippen LogP contribution in [0.2, 0.25) is 5.02 Å². The molecule has 0 saturated heterocycles. The molecule has 1 N–H and O–H groups in total. The lowest BCUT2D eigenvalue weighted by atomic mass is 10.0. The zero-order valence-corrected chi connectivity index (χ0v) is 20.0. The molecule has 6 nitrogen and oxygen atoms in total. The van der Waals surface area contributed by atoms with Crippen molar-refractivity contribution in [1.82, 2.24) is 5.32 Å². The summed E-state index contributed by atoms with van der Waals surface area (Å²) in [7, 11) is 1.28. The Morgan fingerprint density at radius 3 is 2.00 bits per heavy atom. The molecule has 0 aliphatic rings. The first-order chi connectivity index (χ1) is 16.2. The molecule has 0 aliphatic heterocycles. The first-order valence-corrected chi connectivity index (χ1v) is 11.1. The first kappa shape index (κ1) is 25.0. The standard InChI is InChI=1S/C27H26ClNO5/c1-27(2,26(32)29-23(25(31)33-3)17-18-7-5-4-6-8-18)34-22-15-11-20(12-16-22)24(30)19-9-13-21(28)14-10-19/h4-16,23H,17H2,1-3H3,(H,29,32). The molecule has 1 amide bonds. The van der Waals surface area contributed by atoms with Crippen molar-refractivity contribution < 1.29 is 23.9 Å². The van der Waals surface area contributed by atoms with Crippen LogP contribution in [0.3, 0.4) is 0 Å². The molecule has 0 saturated carbocycles. The first-order valence-electron chi connectivity index (χ1n) is 10.7. The number of esters is 1. The summed E-state index contributed by atoms with van der Waals surface area (Å²) in [6.45, 7) is 3.21. The van der Waals surface area contributed by atoms with E-state index in [0.29, 0.717) is 21.9 Å². The quantitative estimate of drug-likeness (QED) is 0.357. The smallest absolute Gasteiger partial charge is 0.328 e. The van der Waals surface area contributed by atoms with Crippen molar-refractivity contribution in [3.63, 3.8) is 0 Å². The minimum atomic E-state index is -1.29. The lowest BCUT2D eigenvalue weighted by Crippen LogP contribution is -2.53. The summed E-state index contributed by atoms with van der Waals surface area (Å²) >= 11 is 5.88. The molecule has 3 rings (SSSR count). The molecule has 7 heteroatoms. The Hall–Kier alpha value is -3.64. The second kappa shape index (κ2) is 11.0. The average Bonchev–Trinajstić information content (AvgIpc) is 2.84. The molecule has 0 spiro atoms. The van der Waals surface area contributed by atoms with E-state index in [2.05, 4.69) is 5.32 Å². The maximum atomic E-state index is 13.0. The summed E-state index contributed by atoms with van der Waals surface area (Å²) in [6, 6.07) is 21.6. The van der Waals surface area contributed by atoms with Gasteiger partial charge in [-0.3, -0.25) is 9.59 Å². The van der Waals surface area contributed by atoms with Gasteiger partial charge < -0.3 is 14.8 Å². The summed E-state index contributed by atoms with van der Waals surface area (Å²) in [5, 5.41) is 3.28. The van der Waals surface area contributed by atoms with Gasteiger partial charge in [-0.2, -0.15) is 0 Å². The Bertz CT molecular complexity index is 1140. The second-order valence-electron chi connectivity index (χ2n) is 8.21. The fourth-order valence-electron chi connectivity index (χ4n) is 3.30. The molecular formula is C27H26ClNO5. The van der Waals surface area contributed by atoms with Gasteiger partial charge in [-0.05, 0) is 67.9 Å². The van der Waals surface area contributed by atoms with E-state index < -0.39 is 23.5 Å². The number of ketones is 1. The molecule has 1 atom stereocenters. The number of methoxy groups -OCH3 is 1. The van der Waals surface area contributed by atoms with E-state index in [9.17, 15) is 14.4 Å². The largest absolute Gasteiger partial charge is 0.478 e. The van der Waals surface area contributed by atoms with Gasteiger partial charge in [0, 0.05) is 22.6 Å². The molecule has 3 aromatic carbocycles. The fourth-order valence-corrected chi connectivity index (χ4v) is 3.43. The Morgan fingerprint density at radius 1 is 0.882 bits per heavy atom. The molecule has 0 bridgehead atoms. The van der Waals surface area contributed by atoms with Gasteiger partial charge in [0.15, 0.2) is 11.4 Å². The van der Waals surface area contributed by atoms with E-state index in [1.807, 2.05) is 30.3 Å². The van der Waals surface area contributed by atoms with Crippen LogP contribution >= 0.6 is 11.6 Å². The van der Waals surface area contributed by atoms with Gasteiger partial charge in [0.2, 0.25) is 0 Å². The van der Waals surface area contributed by atoms with E-state index in [-0.39, 0.29) is 12.2 Å². The molecule has 176 valence electrons. The maximum absolute atomic E-state index is 13.0. The van der Waals surface area contributed by atoms with Crippen molar-refractivity contribution in [2.45, 2.75) is 31.9 Å². The van der Waals surface area contributed by atoms with Crippen molar-refractivity contribution in [3.8, 4) is 5.75 Å². The van der Waals surface area contributed by atoms with Crippen LogP contribution in [0.15, 0.2) is 78.9 Å². The Kier molecular flexibility index (Phi) is 8.08. The third kappa shape index (κ3) is 6.45. The number of benzene rings is 3. The van der Waals surface area contributed by atoms with Gasteiger partial charge >= 0.3 is 5.97 Å². The van der Waals surface area contributed by atoms with E-state index in [0.717, 1.165) is 5.56 Å². The molecular weight excluding hydrogens is 454 g/mol. The molecule has 0 aliphatic carbocycles. The third-order valence-electron chi connectivity index (χ3n) is 5.22. The lowest BCUT2D eigenvalue weighted by Gasteiger charge is -2.27. The summed E-state index contributed by atoms with van der Waals surface area (Å²) in [5.41, 5.74) is 0.596. The van der Waals surface area contributed by atoms with Crippen molar-refractivity contribution in [3.05, 3.63) is 101 Å². The number of carbonyl (C=O) groups excluding carboxylic acids is 3. The number of amides is 1. The minimum absolute atomic E-state index is 0.151. The van der Waals surface area contributed by atoms with E-state index >= 15 is 0 Å². The van der Waals surface area contributed by atoms with Crippen LogP contribution in [0.25, 0.3) is 0 Å². The summed E-state index contributed by atoms with van der Waals surface area (Å²) < 4.78 is 10.8. The predicted octanol–water partition coefficient (Wildman–Crippen LogP) is 4.63. The van der Waals surface area contributed by atoms with E-state index in [4.69, 9.17) is 21.1 Å². The molecule has 0 radical (unpaired) electrons. The lowest BCUT2D eigenvalue weighted by molar-refractivity contribution is -0.147. The third-order valence-corrected chi connectivity index (χ3v) is 5.47. The van der Waals surface area contributed by atoms with Gasteiger partial charge in [-0.15, -0.1) is 0 Å². The van der Waals surface area contributed by atoms with Crippen LogP contribution in [0.1, 0.15) is 35.3 Å². The molecule has 3 aromatic rings. The predicted molar refractivity (Wildman–Crippen MR) is 130 cm³/mol. The van der Waals surface area contributed by atoms with Crippen molar-refractivity contribution in [2.24, 2.45) is 0 Å². The highest BCUT2D eigenvalue weighted by molar-refractivity contribution is 6.30. The van der Waals surface area contributed by atoms with Crippen LogP contribution in [0, 0.1) is 0 Å². The van der Waals surface area contributed by atoms with Crippen LogP contribution < -0.4 is 10.1 Å². The highest BCUT2D eigenvalue weighted by Gasteiger charge is 2.34. The van der Waals surface area contributed by atoms with E-state index in [1.165, 1.54) is 7.11 Å². The number of nitrogens with one attached hydrogen (secondary N) is 1. The van der Waals surface area contributed by atoms with Crippen LogP contribution in [0.4, 0.5) is 0 Å². The Labute approximate surface area is 203 Å². The van der Waals surface area contributed by atoms with Gasteiger partial charge in [-0.25, -0.2) is 4.79 Å². The molecule has 0 aromatic heterocycles. The van der Waals surface area contributed by atoms with Gasteiger partial charge in [0.25, 0.3) is 5.91 Å². The number of rotatable bonds is 9.